The van der Waals surface area contributed by atoms with Crippen LogP contribution in [0, 0.1) is 11.8 Å². The second-order valence-corrected chi connectivity index (χ2v) is 6.87. The SMILES string of the molecule is CC(C)(C)OC(=O)N1CCC(C2CCCCC2)C1. The van der Waals surface area contributed by atoms with Crippen molar-refractivity contribution >= 4 is 6.09 Å². The van der Waals surface area contributed by atoms with Gasteiger partial charge in [-0.3, -0.25) is 0 Å². The summed E-state index contributed by atoms with van der Waals surface area (Å²) < 4.78 is 5.44. The van der Waals surface area contributed by atoms with Gasteiger partial charge in [0.1, 0.15) is 5.60 Å². The lowest BCUT2D eigenvalue weighted by atomic mass is 9.80. The van der Waals surface area contributed by atoms with E-state index in [-0.39, 0.29) is 11.7 Å². The van der Waals surface area contributed by atoms with Crippen LogP contribution in [0.15, 0.2) is 0 Å². The van der Waals surface area contributed by atoms with Gasteiger partial charge in [-0.1, -0.05) is 32.1 Å². The van der Waals surface area contributed by atoms with Gasteiger partial charge in [-0.2, -0.15) is 0 Å². The average molecular weight is 253 g/mol. The summed E-state index contributed by atoms with van der Waals surface area (Å²) in [7, 11) is 0. The van der Waals surface area contributed by atoms with E-state index in [1.807, 2.05) is 25.7 Å². The first-order valence-electron chi connectivity index (χ1n) is 7.43. The summed E-state index contributed by atoms with van der Waals surface area (Å²) >= 11 is 0. The fraction of sp³-hybridized carbons (Fsp3) is 0.933. The van der Waals surface area contributed by atoms with Gasteiger partial charge in [0, 0.05) is 13.1 Å². The third-order valence-electron chi connectivity index (χ3n) is 4.19. The van der Waals surface area contributed by atoms with Gasteiger partial charge >= 0.3 is 6.09 Å². The predicted molar refractivity (Wildman–Crippen MR) is 72.5 cm³/mol. The van der Waals surface area contributed by atoms with E-state index < -0.39 is 0 Å². The Labute approximate surface area is 111 Å². The molecule has 2 aliphatic rings. The number of likely N-dealkylation sites (tertiary alicyclic amines) is 1. The van der Waals surface area contributed by atoms with E-state index in [2.05, 4.69) is 0 Å². The van der Waals surface area contributed by atoms with Crippen LogP contribution in [0.1, 0.15) is 59.3 Å². The molecule has 1 saturated heterocycles. The lowest BCUT2D eigenvalue weighted by molar-refractivity contribution is 0.0281. The van der Waals surface area contributed by atoms with Crippen LogP contribution in [0.25, 0.3) is 0 Å². The Kier molecular flexibility index (Phi) is 4.18. The molecule has 0 aromatic carbocycles. The molecule has 0 bridgehead atoms. The van der Waals surface area contributed by atoms with Crippen molar-refractivity contribution in [2.75, 3.05) is 13.1 Å². The summed E-state index contributed by atoms with van der Waals surface area (Å²) in [6.07, 6.45) is 7.95. The van der Waals surface area contributed by atoms with E-state index in [1.54, 1.807) is 0 Å². The van der Waals surface area contributed by atoms with Crippen LogP contribution in [0.3, 0.4) is 0 Å². The molecule has 1 saturated carbocycles. The monoisotopic (exact) mass is 253 g/mol. The van der Waals surface area contributed by atoms with Gasteiger partial charge in [0.25, 0.3) is 0 Å². The number of hydrogen-bond donors (Lipinski definition) is 0. The van der Waals surface area contributed by atoms with Crippen LogP contribution < -0.4 is 0 Å². The standard InChI is InChI=1S/C15H27NO2/c1-15(2,3)18-14(17)16-10-9-13(11-16)12-7-5-4-6-8-12/h12-13H,4-11H2,1-3H3. The predicted octanol–water partition coefficient (Wildman–Crippen LogP) is 3.82. The lowest BCUT2D eigenvalue weighted by Gasteiger charge is -2.28. The topological polar surface area (TPSA) is 29.5 Å². The zero-order chi connectivity index (χ0) is 13.2. The molecule has 18 heavy (non-hydrogen) atoms. The van der Waals surface area contributed by atoms with Gasteiger partial charge in [0.2, 0.25) is 0 Å². The Bertz CT molecular complexity index is 289. The van der Waals surface area contributed by atoms with Gasteiger partial charge < -0.3 is 9.64 Å². The average Bonchev–Trinajstić information content (AvgIpc) is 2.77. The van der Waals surface area contributed by atoms with E-state index in [0.29, 0.717) is 0 Å². The maximum atomic E-state index is 12.0. The van der Waals surface area contributed by atoms with E-state index in [4.69, 9.17) is 4.74 Å². The van der Waals surface area contributed by atoms with Crippen LogP contribution in [-0.4, -0.2) is 29.7 Å². The minimum absolute atomic E-state index is 0.124. The van der Waals surface area contributed by atoms with Crippen molar-refractivity contribution in [3.05, 3.63) is 0 Å². The van der Waals surface area contributed by atoms with Gasteiger partial charge in [0.15, 0.2) is 0 Å². The molecule has 1 unspecified atom stereocenters. The molecule has 0 spiro atoms. The fourth-order valence-corrected chi connectivity index (χ4v) is 3.27. The highest BCUT2D eigenvalue weighted by atomic mass is 16.6. The molecule has 1 atom stereocenters. The van der Waals surface area contributed by atoms with Crippen LogP contribution >= 0.6 is 0 Å². The Balaban J connectivity index is 1.82. The van der Waals surface area contributed by atoms with Crippen molar-refractivity contribution in [2.45, 2.75) is 64.9 Å². The van der Waals surface area contributed by atoms with Crippen LogP contribution in [-0.2, 0) is 4.74 Å². The zero-order valence-corrected chi connectivity index (χ0v) is 12.1. The van der Waals surface area contributed by atoms with Crippen molar-refractivity contribution < 1.29 is 9.53 Å². The smallest absolute Gasteiger partial charge is 0.410 e. The van der Waals surface area contributed by atoms with Crippen molar-refractivity contribution in [3.8, 4) is 0 Å². The molecular formula is C15H27NO2. The Morgan fingerprint density at radius 2 is 1.72 bits per heavy atom. The maximum absolute atomic E-state index is 12.0. The molecule has 2 rings (SSSR count). The van der Waals surface area contributed by atoms with E-state index in [9.17, 15) is 4.79 Å². The number of carbonyl (C=O) groups excluding carboxylic acids is 1. The molecule has 3 heteroatoms. The summed E-state index contributed by atoms with van der Waals surface area (Å²) in [6, 6.07) is 0. The highest BCUT2D eigenvalue weighted by molar-refractivity contribution is 5.68. The van der Waals surface area contributed by atoms with E-state index in [1.165, 1.54) is 38.5 Å². The summed E-state index contributed by atoms with van der Waals surface area (Å²) in [5, 5.41) is 0. The quantitative estimate of drug-likeness (QED) is 0.711. The maximum Gasteiger partial charge on any atom is 0.410 e. The van der Waals surface area contributed by atoms with Crippen molar-refractivity contribution in [1.29, 1.82) is 0 Å². The Hall–Kier alpha value is -0.730. The zero-order valence-electron chi connectivity index (χ0n) is 12.1. The summed E-state index contributed by atoms with van der Waals surface area (Å²) in [5.41, 5.74) is -0.375. The minimum Gasteiger partial charge on any atom is -0.444 e. The van der Waals surface area contributed by atoms with Crippen LogP contribution in [0.4, 0.5) is 4.79 Å². The van der Waals surface area contributed by atoms with Gasteiger partial charge in [0.05, 0.1) is 0 Å². The van der Waals surface area contributed by atoms with E-state index >= 15 is 0 Å². The molecule has 0 radical (unpaired) electrons. The molecule has 1 aliphatic carbocycles. The van der Waals surface area contributed by atoms with Crippen molar-refractivity contribution in [3.63, 3.8) is 0 Å². The first kappa shape index (κ1) is 13.7. The first-order chi connectivity index (χ1) is 8.46. The molecule has 104 valence electrons. The molecular weight excluding hydrogens is 226 g/mol. The normalized spacial score (nSPS) is 26.4. The molecule has 3 nitrogen and oxygen atoms in total. The van der Waals surface area contributed by atoms with Gasteiger partial charge in [-0.05, 0) is 39.0 Å². The number of nitrogens with zero attached hydrogens (tertiary/aromatic N) is 1. The number of carbonyl (C=O) groups is 1. The fourth-order valence-electron chi connectivity index (χ4n) is 3.27. The Morgan fingerprint density at radius 3 is 2.33 bits per heavy atom. The molecule has 0 N–H and O–H groups in total. The van der Waals surface area contributed by atoms with Crippen LogP contribution in [0.5, 0.6) is 0 Å². The Morgan fingerprint density at radius 1 is 1.06 bits per heavy atom. The molecule has 1 aliphatic heterocycles. The van der Waals surface area contributed by atoms with Crippen molar-refractivity contribution in [1.82, 2.24) is 4.90 Å². The largest absolute Gasteiger partial charge is 0.444 e. The highest BCUT2D eigenvalue weighted by Gasteiger charge is 2.34. The third kappa shape index (κ3) is 3.63. The van der Waals surface area contributed by atoms with E-state index in [0.717, 1.165) is 24.9 Å². The second kappa shape index (κ2) is 5.50. The molecule has 1 heterocycles. The first-order valence-corrected chi connectivity index (χ1v) is 7.43. The number of rotatable bonds is 1. The molecule has 1 amide bonds. The summed E-state index contributed by atoms with van der Waals surface area (Å²) in [6.45, 7) is 7.59. The van der Waals surface area contributed by atoms with Gasteiger partial charge in [-0.15, -0.1) is 0 Å². The third-order valence-corrected chi connectivity index (χ3v) is 4.19. The molecule has 0 aromatic heterocycles. The van der Waals surface area contributed by atoms with Gasteiger partial charge in [-0.25, -0.2) is 4.79 Å². The summed E-state index contributed by atoms with van der Waals surface area (Å²) in [4.78, 5) is 13.9. The lowest BCUT2D eigenvalue weighted by Crippen LogP contribution is -2.35. The molecule has 2 fully saturated rings. The number of ether oxygens (including phenoxy) is 1. The second-order valence-electron chi connectivity index (χ2n) is 6.87. The summed E-state index contributed by atoms with van der Waals surface area (Å²) in [5.74, 6) is 1.57. The number of hydrogen-bond acceptors (Lipinski definition) is 2. The minimum atomic E-state index is -0.375. The highest BCUT2D eigenvalue weighted by Crippen LogP contribution is 2.35. The van der Waals surface area contributed by atoms with Crippen molar-refractivity contribution in [2.24, 2.45) is 11.8 Å². The number of amides is 1. The molecule has 0 aromatic rings. The van der Waals surface area contributed by atoms with Crippen LogP contribution in [0.2, 0.25) is 0 Å².